The molecule has 9 heteroatoms. The van der Waals surface area contributed by atoms with Crippen molar-refractivity contribution in [2.24, 2.45) is 0 Å². The summed E-state index contributed by atoms with van der Waals surface area (Å²) in [6.45, 7) is 3.65. The van der Waals surface area contributed by atoms with Crippen molar-refractivity contribution in [1.29, 1.82) is 0 Å². The van der Waals surface area contributed by atoms with Gasteiger partial charge in [0.15, 0.2) is 11.6 Å². The highest BCUT2D eigenvalue weighted by atomic mass is 32.2. The number of piperazine rings is 1. The summed E-state index contributed by atoms with van der Waals surface area (Å²) < 4.78 is 10.5. The summed E-state index contributed by atoms with van der Waals surface area (Å²) in [4.78, 5) is 38.7. The minimum Gasteiger partial charge on any atom is -0.497 e. The number of hydrogen-bond donors (Lipinski definition) is 0. The topological polar surface area (TPSA) is 88.8 Å². The molecule has 0 spiro atoms. The zero-order valence-corrected chi connectivity index (χ0v) is 19.0. The third-order valence-corrected chi connectivity index (χ3v) is 6.08. The average Bonchev–Trinajstić information content (AvgIpc) is 3.38. The standard InChI is InChI=1S/C23H24N4O4S/c1-15-19(21(32-3)25-20(24-15)18-5-4-14-31-18)23(29)27-12-10-26(11-13-27)22(28)16-6-8-17(30-2)9-7-16/h4-9,14H,10-13H2,1-3H3. The van der Waals surface area contributed by atoms with Crippen LogP contribution in [0.4, 0.5) is 0 Å². The number of rotatable bonds is 5. The molecule has 0 aliphatic carbocycles. The molecule has 8 nitrogen and oxygen atoms in total. The van der Waals surface area contributed by atoms with Crippen molar-refractivity contribution in [2.75, 3.05) is 39.5 Å². The van der Waals surface area contributed by atoms with E-state index in [1.54, 1.807) is 59.6 Å². The lowest BCUT2D eigenvalue weighted by Crippen LogP contribution is -2.50. The van der Waals surface area contributed by atoms with Crippen LogP contribution in [0.25, 0.3) is 11.6 Å². The van der Waals surface area contributed by atoms with Crippen molar-refractivity contribution in [1.82, 2.24) is 19.8 Å². The van der Waals surface area contributed by atoms with E-state index in [0.29, 0.717) is 65.4 Å². The number of thioether (sulfide) groups is 1. The minimum absolute atomic E-state index is 0.0492. The van der Waals surface area contributed by atoms with Crippen LogP contribution >= 0.6 is 11.8 Å². The van der Waals surface area contributed by atoms with E-state index in [1.807, 2.05) is 13.2 Å². The first-order valence-corrected chi connectivity index (χ1v) is 11.4. The van der Waals surface area contributed by atoms with Crippen molar-refractivity contribution in [2.45, 2.75) is 11.9 Å². The fourth-order valence-corrected chi connectivity index (χ4v) is 4.26. The van der Waals surface area contributed by atoms with Crippen LogP contribution in [0, 0.1) is 6.92 Å². The van der Waals surface area contributed by atoms with Crippen molar-refractivity contribution in [3.63, 3.8) is 0 Å². The van der Waals surface area contributed by atoms with Crippen molar-refractivity contribution >= 4 is 23.6 Å². The molecule has 1 saturated heterocycles. The number of ether oxygens (including phenoxy) is 1. The number of benzene rings is 1. The molecular weight excluding hydrogens is 428 g/mol. The first-order valence-electron chi connectivity index (χ1n) is 10.2. The first-order chi connectivity index (χ1) is 15.5. The SMILES string of the molecule is COc1ccc(C(=O)N2CCN(C(=O)c3c(C)nc(-c4ccco4)nc3SC)CC2)cc1. The lowest BCUT2D eigenvalue weighted by atomic mass is 10.1. The molecule has 2 amide bonds. The van der Waals surface area contributed by atoms with E-state index in [0.717, 1.165) is 0 Å². The Kier molecular flexibility index (Phi) is 6.45. The van der Waals surface area contributed by atoms with Gasteiger partial charge in [0.05, 0.1) is 24.6 Å². The maximum atomic E-state index is 13.3. The summed E-state index contributed by atoms with van der Waals surface area (Å²) in [6.07, 6.45) is 3.45. The molecule has 3 heterocycles. The van der Waals surface area contributed by atoms with Gasteiger partial charge < -0.3 is 19.0 Å². The predicted octanol–water partition coefficient (Wildman–Crippen LogP) is 3.37. The third-order valence-electron chi connectivity index (χ3n) is 5.40. The monoisotopic (exact) mass is 452 g/mol. The van der Waals surface area contributed by atoms with Gasteiger partial charge in [-0.05, 0) is 49.6 Å². The van der Waals surface area contributed by atoms with Crippen LogP contribution in [0.3, 0.4) is 0 Å². The van der Waals surface area contributed by atoms with Gasteiger partial charge in [-0.2, -0.15) is 0 Å². The van der Waals surface area contributed by atoms with Crippen molar-refractivity contribution in [3.8, 4) is 17.3 Å². The van der Waals surface area contributed by atoms with E-state index in [4.69, 9.17) is 9.15 Å². The maximum absolute atomic E-state index is 13.3. The average molecular weight is 453 g/mol. The highest BCUT2D eigenvalue weighted by Crippen LogP contribution is 2.26. The van der Waals surface area contributed by atoms with Crippen LogP contribution in [-0.2, 0) is 0 Å². The molecule has 4 rings (SSSR count). The number of aromatic nitrogens is 2. The Morgan fingerprint density at radius 2 is 1.66 bits per heavy atom. The molecule has 1 aliphatic rings. The number of amides is 2. The normalized spacial score (nSPS) is 13.8. The second kappa shape index (κ2) is 9.44. The second-order valence-electron chi connectivity index (χ2n) is 7.31. The van der Waals surface area contributed by atoms with E-state index >= 15 is 0 Å². The number of methoxy groups -OCH3 is 1. The highest BCUT2D eigenvalue weighted by molar-refractivity contribution is 7.98. The van der Waals surface area contributed by atoms with Gasteiger partial charge in [0, 0.05) is 31.7 Å². The summed E-state index contributed by atoms with van der Waals surface area (Å²) >= 11 is 1.40. The molecule has 0 unspecified atom stereocenters. The van der Waals surface area contributed by atoms with Gasteiger partial charge in [-0.1, -0.05) is 0 Å². The summed E-state index contributed by atoms with van der Waals surface area (Å²) in [5.74, 6) is 1.56. The summed E-state index contributed by atoms with van der Waals surface area (Å²) in [7, 11) is 1.59. The Hall–Kier alpha value is -3.33. The molecule has 1 fully saturated rings. The fourth-order valence-electron chi connectivity index (χ4n) is 3.64. The molecule has 1 aliphatic heterocycles. The number of aryl methyl sites for hydroxylation is 1. The highest BCUT2D eigenvalue weighted by Gasteiger charge is 2.29. The van der Waals surface area contributed by atoms with Crippen LogP contribution in [0.5, 0.6) is 5.75 Å². The molecule has 0 radical (unpaired) electrons. The van der Waals surface area contributed by atoms with E-state index in [1.165, 1.54) is 11.8 Å². The van der Waals surface area contributed by atoms with Crippen LogP contribution in [0.1, 0.15) is 26.4 Å². The minimum atomic E-state index is -0.116. The number of furan rings is 1. The Bertz CT molecular complexity index is 1110. The molecule has 1 aromatic carbocycles. The van der Waals surface area contributed by atoms with Gasteiger partial charge in [0.25, 0.3) is 11.8 Å². The molecule has 0 bridgehead atoms. The molecule has 32 heavy (non-hydrogen) atoms. The Labute approximate surface area is 190 Å². The molecule has 0 saturated carbocycles. The fraction of sp³-hybridized carbons (Fsp3) is 0.304. The Morgan fingerprint density at radius 3 is 2.22 bits per heavy atom. The smallest absolute Gasteiger partial charge is 0.258 e. The van der Waals surface area contributed by atoms with Gasteiger partial charge in [0.1, 0.15) is 10.8 Å². The Morgan fingerprint density at radius 1 is 1.00 bits per heavy atom. The number of carbonyl (C=O) groups is 2. The summed E-state index contributed by atoms with van der Waals surface area (Å²) in [5.41, 5.74) is 1.72. The largest absolute Gasteiger partial charge is 0.497 e. The summed E-state index contributed by atoms with van der Waals surface area (Å²) in [5, 5.41) is 0.616. The zero-order valence-electron chi connectivity index (χ0n) is 18.2. The van der Waals surface area contributed by atoms with Crippen LogP contribution in [0.15, 0.2) is 52.1 Å². The van der Waals surface area contributed by atoms with Gasteiger partial charge in [-0.15, -0.1) is 11.8 Å². The van der Waals surface area contributed by atoms with Gasteiger partial charge in [0.2, 0.25) is 0 Å². The van der Waals surface area contributed by atoms with Crippen LogP contribution < -0.4 is 4.74 Å². The molecule has 3 aromatic rings. The van der Waals surface area contributed by atoms with Crippen molar-refractivity contribution in [3.05, 3.63) is 59.5 Å². The molecule has 166 valence electrons. The first kappa shape index (κ1) is 21.9. The quantitative estimate of drug-likeness (QED) is 0.433. The lowest BCUT2D eigenvalue weighted by molar-refractivity contribution is 0.0532. The zero-order chi connectivity index (χ0) is 22.7. The van der Waals surface area contributed by atoms with E-state index in [9.17, 15) is 9.59 Å². The van der Waals surface area contributed by atoms with Gasteiger partial charge in [-0.3, -0.25) is 9.59 Å². The maximum Gasteiger partial charge on any atom is 0.258 e. The van der Waals surface area contributed by atoms with Gasteiger partial charge in [-0.25, -0.2) is 9.97 Å². The number of hydrogen-bond acceptors (Lipinski definition) is 7. The molecule has 2 aromatic heterocycles. The number of nitrogens with zero attached hydrogens (tertiary/aromatic N) is 4. The van der Waals surface area contributed by atoms with Crippen LogP contribution in [0.2, 0.25) is 0 Å². The lowest BCUT2D eigenvalue weighted by Gasteiger charge is -2.35. The van der Waals surface area contributed by atoms with Crippen molar-refractivity contribution < 1.29 is 18.7 Å². The third kappa shape index (κ3) is 4.34. The molecular formula is C23H24N4O4S. The van der Waals surface area contributed by atoms with E-state index in [-0.39, 0.29) is 11.8 Å². The number of carbonyl (C=O) groups excluding carboxylic acids is 2. The Balaban J connectivity index is 1.46. The second-order valence-corrected chi connectivity index (χ2v) is 8.10. The summed E-state index contributed by atoms with van der Waals surface area (Å²) in [6, 6.07) is 10.6. The van der Waals surface area contributed by atoms with E-state index < -0.39 is 0 Å². The molecule has 0 N–H and O–H groups in total. The molecule has 0 atom stereocenters. The van der Waals surface area contributed by atoms with E-state index in [2.05, 4.69) is 9.97 Å². The van der Waals surface area contributed by atoms with Gasteiger partial charge >= 0.3 is 0 Å². The predicted molar refractivity (Wildman–Crippen MR) is 121 cm³/mol. The van der Waals surface area contributed by atoms with Crippen LogP contribution in [-0.4, -0.2) is 71.1 Å².